The summed E-state index contributed by atoms with van der Waals surface area (Å²) in [5, 5.41) is 12.6. The highest BCUT2D eigenvalue weighted by Crippen LogP contribution is 2.47. The predicted octanol–water partition coefficient (Wildman–Crippen LogP) is 3.66. The van der Waals surface area contributed by atoms with Gasteiger partial charge in [0.1, 0.15) is 0 Å². The lowest BCUT2D eigenvalue weighted by Crippen LogP contribution is -2.30. The van der Waals surface area contributed by atoms with E-state index in [4.69, 9.17) is 14.2 Å². The lowest BCUT2D eigenvalue weighted by Gasteiger charge is -2.27. The topological polar surface area (TPSA) is 98.2 Å². The van der Waals surface area contributed by atoms with Crippen LogP contribution in [0.2, 0.25) is 0 Å². The molecule has 0 radical (unpaired) electrons. The molecule has 9 heteroatoms. The Morgan fingerprint density at radius 2 is 2.09 bits per heavy atom. The van der Waals surface area contributed by atoms with Crippen LogP contribution in [0.5, 0.6) is 17.2 Å². The zero-order chi connectivity index (χ0) is 22.2. The molecule has 0 bridgehead atoms. The van der Waals surface area contributed by atoms with Gasteiger partial charge < -0.3 is 24.2 Å². The molecular weight excluding hydrogens is 432 g/mol. The van der Waals surface area contributed by atoms with Gasteiger partial charge in [-0.25, -0.2) is 0 Å². The summed E-state index contributed by atoms with van der Waals surface area (Å²) in [7, 11) is 1.50. The number of carbonyl (C=O) groups excluding carboxylic acids is 2. The Balaban J connectivity index is 1.64. The molecule has 0 spiro atoms. The average Bonchev–Trinajstić information content (AvgIpc) is 3.56. The maximum atomic E-state index is 13.4. The Labute approximate surface area is 187 Å². The standard InChI is InChI=1S/C23H18N2O6S/c1-29-15-9-14(10-16-22(15)31-12-30-16)19-18(20(26)17-3-2-8-32-17)21(27)23(28)25(19)11-13-4-6-24-7-5-13/h2-10,19,27H,11-12H2,1H3. The molecule has 2 aromatic heterocycles. The second-order valence-corrected chi connectivity index (χ2v) is 8.16. The van der Waals surface area contributed by atoms with E-state index >= 15 is 0 Å². The molecular formula is C23H18N2O6S. The maximum absolute atomic E-state index is 13.4. The normalized spacial score (nSPS) is 17.2. The molecule has 1 atom stereocenters. The van der Waals surface area contributed by atoms with Crippen molar-refractivity contribution in [3.05, 3.63) is 81.5 Å². The van der Waals surface area contributed by atoms with Gasteiger partial charge in [-0.3, -0.25) is 14.6 Å². The van der Waals surface area contributed by atoms with Gasteiger partial charge in [-0.05, 0) is 46.8 Å². The number of amides is 1. The van der Waals surface area contributed by atoms with Gasteiger partial charge in [-0.2, -0.15) is 0 Å². The molecule has 1 amide bonds. The van der Waals surface area contributed by atoms with Gasteiger partial charge in [0, 0.05) is 18.9 Å². The number of rotatable bonds is 6. The largest absolute Gasteiger partial charge is 0.503 e. The van der Waals surface area contributed by atoms with Gasteiger partial charge in [0.15, 0.2) is 17.3 Å². The number of pyridine rings is 1. The number of Topliss-reactive ketones (excluding diaryl/α,β-unsaturated/α-hetero) is 1. The summed E-state index contributed by atoms with van der Waals surface area (Å²) in [5.74, 6) is -0.252. The van der Waals surface area contributed by atoms with Gasteiger partial charge in [0.2, 0.25) is 18.3 Å². The number of hydrogen-bond acceptors (Lipinski definition) is 8. The number of ether oxygens (including phenoxy) is 3. The molecule has 2 aliphatic rings. The molecule has 4 heterocycles. The Morgan fingerprint density at radius 3 is 2.81 bits per heavy atom. The zero-order valence-electron chi connectivity index (χ0n) is 17.0. The summed E-state index contributed by atoms with van der Waals surface area (Å²) in [5.41, 5.74) is 1.40. The van der Waals surface area contributed by atoms with Gasteiger partial charge in [-0.1, -0.05) is 6.07 Å². The fraction of sp³-hybridized carbons (Fsp3) is 0.174. The van der Waals surface area contributed by atoms with E-state index in [0.717, 1.165) is 5.56 Å². The highest BCUT2D eigenvalue weighted by Gasteiger charge is 2.44. The number of nitrogens with zero attached hydrogens (tertiary/aromatic N) is 2. The van der Waals surface area contributed by atoms with Gasteiger partial charge in [0.25, 0.3) is 5.91 Å². The van der Waals surface area contributed by atoms with Crippen molar-refractivity contribution in [1.29, 1.82) is 0 Å². The third kappa shape index (κ3) is 3.27. The van der Waals surface area contributed by atoms with Crippen LogP contribution < -0.4 is 14.2 Å². The van der Waals surface area contributed by atoms with Crippen molar-refractivity contribution in [2.45, 2.75) is 12.6 Å². The molecule has 2 aliphatic heterocycles. The van der Waals surface area contributed by atoms with Crippen molar-refractivity contribution in [3.8, 4) is 17.2 Å². The van der Waals surface area contributed by atoms with E-state index in [0.29, 0.717) is 27.7 Å². The Hall–Kier alpha value is -3.85. The van der Waals surface area contributed by atoms with Crippen LogP contribution in [0.4, 0.5) is 0 Å². The summed E-state index contributed by atoms with van der Waals surface area (Å²) in [6.45, 7) is 0.218. The third-order valence-electron chi connectivity index (χ3n) is 5.39. The lowest BCUT2D eigenvalue weighted by atomic mass is 9.94. The van der Waals surface area contributed by atoms with Gasteiger partial charge >= 0.3 is 0 Å². The molecule has 162 valence electrons. The maximum Gasteiger partial charge on any atom is 0.290 e. The number of methoxy groups -OCH3 is 1. The predicted molar refractivity (Wildman–Crippen MR) is 115 cm³/mol. The van der Waals surface area contributed by atoms with Crippen molar-refractivity contribution in [3.63, 3.8) is 0 Å². The fourth-order valence-electron chi connectivity index (χ4n) is 3.93. The smallest absolute Gasteiger partial charge is 0.290 e. The number of carbonyl (C=O) groups is 2. The van der Waals surface area contributed by atoms with Crippen LogP contribution in [0.1, 0.15) is 26.8 Å². The SMILES string of the molecule is COc1cc(C2C(C(=O)c3cccs3)=C(O)C(=O)N2Cc2ccncc2)cc2c1OCO2. The quantitative estimate of drug-likeness (QED) is 0.572. The van der Waals surface area contributed by atoms with Crippen LogP contribution in [0.25, 0.3) is 0 Å². The molecule has 3 aromatic rings. The van der Waals surface area contributed by atoms with Crippen molar-refractivity contribution < 1.29 is 28.9 Å². The number of hydrogen-bond donors (Lipinski definition) is 1. The molecule has 8 nitrogen and oxygen atoms in total. The molecule has 1 N–H and O–H groups in total. The molecule has 0 aliphatic carbocycles. The summed E-state index contributed by atoms with van der Waals surface area (Å²) in [6, 6.07) is 9.55. The van der Waals surface area contributed by atoms with Crippen LogP contribution in [-0.4, -0.2) is 40.6 Å². The van der Waals surface area contributed by atoms with Crippen molar-refractivity contribution >= 4 is 23.0 Å². The number of thiophene rings is 1. The fourth-order valence-corrected chi connectivity index (χ4v) is 4.61. The number of aromatic nitrogens is 1. The summed E-state index contributed by atoms with van der Waals surface area (Å²) in [4.78, 5) is 32.4. The first kappa shape index (κ1) is 20.1. The van der Waals surface area contributed by atoms with E-state index in [1.54, 1.807) is 54.2 Å². The van der Waals surface area contributed by atoms with Gasteiger partial charge in [0.05, 0.1) is 23.6 Å². The minimum atomic E-state index is -0.839. The number of benzene rings is 1. The number of aliphatic hydroxyl groups is 1. The molecule has 1 aromatic carbocycles. The molecule has 1 unspecified atom stereocenters. The second-order valence-electron chi connectivity index (χ2n) is 7.22. The average molecular weight is 450 g/mol. The first-order valence-corrected chi connectivity index (χ1v) is 10.6. The minimum Gasteiger partial charge on any atom is -0.503 e. The van der Waals surface area contributed by atoms with E-state index in [1.165, 1.54) is 23.3 Å². The van der Waals surface area contributed by atoms with Crippen LogP contribution >= 0.6 is 11.3 Å². The monoisotopic (exact) mass is 450 g/mol. The summed E-state index contributed by atoms with van der Waals surface area (Å²) >= 11 is 1.25. The lowest BCUT2D eigenvalue weighted by molar-refractivity contribution is -0.130. The van der Waals surface area contributed by atoms with Crippen molar-refractivity contribution in [1.82, 2.24) is 9.88 Å². The minimum absolute atomic E-state index is 0.0208. The first-order chi connectivity index (χ1) is 15.6. The van der Waals surface area contributed by atoms with E-state index in [9.17, 15) is 14.7 Å². The van der Waals surface area contributed by atoms with Crippen molar-refractivity contribution in [2.24, 2.45) is 0 Å². The Kier molecular flexibility index (Phi) is 5.02. The first-order valence-electron chi connectivity index (χ1n) is 9.77. The number of fused-ring (bicyclic) bond motifs is 1. The highest BCUT2D eigenvalue weighted by molar-refractivity contribution is 7.12. The Bertz CT molecular complexity index is 1220. The highest BCUT2D eigenvalue weighted by atomic mass is 32.1. The van der Waals surface area contributed by atoms with Crippen LogP contribution in [-0.2, 0) is 11.3 Å². The van der Waals surface area contributed by atoms with E-state index < -0.39 is 23.5 Å². The van der Waals surface area contributed by atoms with Gasteiger partial charge in [-0.15, -0.1) is 11.3 Å². The molecule has 5 rings (SSSR count). The Morgan fingerprint density at radius 1 is 1.28 bits per heavy atom. The number of aliphatic hydroxyl groups excluding tert-OH is 1. The molecule has 0 saturated carbocycles. The second kappa shape index (κ2) is 8.01. The molecule has 0 saturated heterocycles. The molecule has 32 heavy (non-hydrogen) atoms. The van der Waals surface area contributed by atoms with Crippen LogP contribution in [0.3, 0.4) is 0 Å². The van der Waals surface area contributed by atoms with Crippen LogP contribution in [0, 0.1) is 0 Å². The summed E-state index contributed by atoms with van der Waals surface area (Å²) < 4.78 is 16.5. The zero-order valence-corrected chi connectivity index (χ0v) is 17.8. The van der Waals surface area contributed by atoms with E-state index in [1.807, 2.05) is 0 Å². The van der Waals surface area contributed by atoms with Crippen LogP contribution in [0.15, 0.2) is 65.5 Å². The third-order valence-corrected chi connectivity index (χ3v) is 6.26. The van der Waals surface area contributed by atoms with Crippen molar-refractivity contribution in [2.75, 3.05) is 13.9 Å². The van der Waals surface area contributed by atoms with E-state index in [2.05, 4.69) is 4.98 Å². The summed E-state index contributed by atoms with van der Waals surface area (Å²) in [6.07, 6.45) is 3.25. The molecule has 0 fully saturated rings. The van der Waals surface area contributed by atoms with E-state index in [-0.39, 0.29) is 18.9 Å². The number of ketones is 1.